The highest BCUT2D eigenvalue weighted by molar-refractivity contribution is 9.10. The molecule has 0 radical (unpaired) electrons. The van der Waals surface area contributed by atoms with Crippen LogP contribution in [0.15, 0.2) is 53.3 Å². The van der Waals surface area contributed by atoms with Gasteiger partial charge in [-0.05, 0) is 97.6 Å². The second kappa shape index (κ2) is 10.5. The van der Waals surface area contributed by atoms with Crippen LogP contribution < -0.4 is 0 Å². The van der Waals surface area contributed by atoms with Crippen molar-refractivity contribution >= 4 is 60.9 Å². The number of rotatable bonds is 4. The summed E-state index contributed by atoms with van der Waals surface area (Å²) in [6.45, 7) is 2.60. The zero-order valence-corrected chi connectivity index (χ0v) is 22.3. The third-order valence-electron chi connectivity index (χ3n) is 6.14. The van der Waals surface area contributed by atoms with E-state index in [9.17, 15) is 0 Å². The number of hydrogen-bond donors (Lipinski definition) is 2. The normalized spacial score (nSPS) is 18.3. The largest absolute Gasteiger partial charge is 0.366 e. The van der Waals surface area contributed by atoms with Crippen LogP contribution in [0.1, 0.15) is 51.1 Å². The van der Waals surface area contributed by atoms with Crippen molar-refractivity contribution in [2.45, 2.75) is 57.8 Å². The summed E-state index contributed by atoms with van der Waals surface area (Å²) in [4.78, 5) is 8.69. The van der Waals surface area contributed by atoms with E-state index < -0.39 is 5.79 Å². The third-order valence-corrected chi connectivity index (χ3v) is 7.56. The molecule has 3 heterocycles. The van der Waals surface area contributed by atoms with Crippen LogP contribution in [0.5, 0.6) is 0 Å². The molecule has 1 saturated carbocycles. The van der Waals surface area contributed by atoms with Gasteiger partial charge in [-0.15, -0.1) is 0 Å². The maximum absolute atomic E-state index is 8.08. The Morgan fingerprint density at radius 1 is 1.09 bits per heavy atom. The molecule has 0 spiro atoms. The topological polar surface area (TPSA) is 71.2 Å². The van der Waals surface area contributed by atoms with Crippen LogP contribution in [0.2, 0.25) is 10.3 Å². The molecular weight excluding hydrogens is 537 g/mol. The number of fused-ring (bicyclic) bond motifs is 2. The quantitative estimate of drug-likeness (QED) is 0.201. The van der Waals surface area contributed by atoms with Crippen molar-refractivity contribution in [1.82, 2.24) is 14.5 Å². The van der Waals surface area contributed by atoms with Crippen LogP contribution >= 0.6 is 39.1 Å². The van der Waals surface area contributed by atoms with Crippen LogP contribution in [-0.4, -0.2) is 30.5 Å². The first kappa shape index (κ1) is 25.4. The number of benzene rings is 1. The van der Waals surface area contributed by atoms with E-state index in [2.05, 4.69) is 67.0 Å². The van der Waals surface area contributed by atoms with Crippen LogP contribution in [-0.2, 0) is 6.42 Å². The number of aliphatic hydroxyl groups is 2. The lowest BCUT2D eigenvalue weighted by Gasteiger charge is -2.15. The van der Waals surface area contributed by atoms with Gasteiger partial charge < -0.3 is 14.8 Å². The Balaban J connectivity index is 0.000000499. The Morgan fingerprint density at radius 2 is 1.85 bits per heavy atom. The summed E-state index contributed by atoms with van der Waals surface area (Å²) in [6.07, 6.45) is 9.95. The SMILES string of the molecule is CC(C)(O)O.Clc1nc2cc(CCC3CCC(n4ccc5c(Cl)nccc54)C3)ccc2cc1Br. The van der Waals surface area contributed by atoms with Gasteiger partial charge in [-0.1, -0.05) is 35.3 Å². The highest BCUT2D eigenvalue weighted by atomic mass is 79.9. The van der Waals surface area contributed by atoms with Gasteiger partial charge in [-0.2, -0.15) is 0 Å². The van der Waals surface area contributed by atoms with Gasteiger partial charge in [-0.3, -0.25) is 0 Å². The Bertz CT molecular complexity index is 1300. The average molecular weight is 565 g/mol. The summed E-state index contributed by atoms with van der Waals surface area (Å²) < 4.78 is 3.23. The minimum absolute atomic E-state index is 0.516. The molecule has 0 saturated heterocycles. The van der Waals surface area contributed by atoms with Crippen LogP contribution in [0, 0.1) is 5.92 Å². The van der Waals surface area contributed by atoms with Crippen LogP contribution in [0.25, 0.3) is 21.8 Å². The van der Waals surface area contributed by atoms with E-state index in [1.54, 1.807) is 6.20 Å². The Kier molecular flexibility index (Phi) is 7.85. The smallest absolute Gasteiger partial charge is 0.156 e. The van der Waals surface area contributed by atoms with Crippen molar-refractivity contribution in [2.75, 3.05) is 0 Å². The fourth-order valence-electron chi connectivity index (χ4n) is 4.62. The van der Waals surface area contributed by atoms with Crippen LogP contribution in [0.4, 0.5) is 0 Å². The minimum atomic E-state index is -1.50. The molecule has 8 heteroatoms. The van der Waals surface area contributed by atoms with Gasteiger partial charge in [0.05, 0.1) is 15.5 Å². The van der Waals surface area contributed by atoms with Crippen molar-refractivity contribution in [2.24, 2.45) is 5.92 Å². The molecule has 2 unspecified atom stereocenters. The molecular formula is C26H28BrCl2N3O2. The molecule has 3 aromatic heterocycles. The molecule has 34 heavy (non-hydrogen) atoms. The Hall–Kier alpha value is -1.70. The zero-order chi connectivity index (χ0) is 24.5. The molecule has 0 aliphatic heterocycles. The first-order valence-corrected chi connectivity index (χ1v) is 12.9. The van der Waals surface area contributed by atoms with Gasteiger partial charge in [0.15, 0.2) is 5.79 Å². The van der Waals surface area contributed by atoms with Crippen molar-refractivity contribution in [3.8, 4) is 0 Å². The number of aryl methyl sites for hydroxylation is 1. The number of nitrogens with zero attached hydrogens (tertiary/aromatic N) is 3. The number of halogens is 3. The third kappa shape index (κ3) is 6.29. The number of pyridine rings is 2. The maximum Gasteiger partial charge on any atom is 0.156 e. The highest BCUT2D eigenvalue weighted by Gasteiger charge is 2.26. The molecule has 1 aliphatic rings. The molecule has 4 aromatic rings. The first-order chi connectivity index (χ1) is 16.1. The van der Waals surface area contributed by atoms with Gasteiger partial charge in [-0.25, -0.2) is 9.97 Å². The van der Waals surface area contributed by atoms with E-state index in [1.165, 1.54) is 50.6 Å². The molecule has 5 rings (SSSR count). The van der Waals surface area contributed by atoms with Crippen molar-refractivity contribution in [1.29, 1.82) is 0 Å². The summed E-state index contributed by atoms with van der Waals surface area (Å²) in [5.41, 5.74) is 3.49. The highest BCUT2D eigenvalue weighted by Crippen LogP contribution is 2.39. The molecule has 2 N–H and O–H groups in total. The summed E-state index contributed by atoms with van der Waals surface area (Å²) in [5, 5.41) is 19.4. The fourth-order valence-corrected chi connectivity index (χ4v) is 5.32. The van der Waals surface area contributed by atoms with E-state index in [4.69, 9.17) is 33.4 Å². The summed E-state index contributed by atoms with van der Waals surface area (Å²) in [5.74, 6) is -0.757. The molecule has 1 aliphatic carbocycles. The lowest BCUT2D eigenvalue weighted by molar-refractivity contribution is -0.127. The monoisotopic (exact) mass is 563 g/mol. The molecule has 2 atom stereocenters. The standard InChI is InChI=1S/C23H20BrCl2N3.C3H8O2/c24-19-13-16-5-3-15(12-20(16)28-23(19)26)2-1-14-4-6-17(11-14)29-10-8-18-21(29)7-9-27-22(18)25;1-3(2,4)5/h3,5,7-10,12-14,17H,1-2,4,6,11H2;4-5H,1-2H3. The summed E-state index contributed by atoms with van der Waals surface area (Å²) in [6, 6.07) is 13.3. The molecule has 180 valence electrons. The molecule has 0 amide bonds. The second-order valence-electron chi connectivity index (χ2n) is 9.41. The summed E-state index contributed by atoms with van der Waals surface area (Å²) in [7, 11) is 0. The second-order valence-corrected chi connectivity index (χ2v) is 11.0. The zero-order valence-electron chi connectivity index (χ0n) is 19.2. The van der Waals surface area contributed by atoms with Gasteiger partial charge in [0.25, 0.3) is 0 Å². The van der Waals surface area contributed by atoms with Crippen molar-refractivity contribution < 1.29 is 10.2 Å². The van der Waals surface area contributed by atoms with Gasteiger partial charge >= 0.3 is 0 Å². The lowest BCUT2D eigenvalue weighted by atomic mass is 9.97. The van der Waals surface area contributed by atoms with Crippen molar-refractivity contribution in [3.05, 3.63) is 69.1 Å². The van der Waals surface area contributed by atoms with Crippen LogP contribution in [0.3, 0.4) is 0 Å². The number of hydrogen-bond acceptors (Lipinski definition) is 4. The van der Waals surface area contributed by atoms with E-state index in [0.29, 0.717) is 16.3 Å². The molecule has 1 fully saturated rings. The van der Waals surface area contributed by atoms with Crippen molar-refractivity contribution in [3.63, 3.8) is 0 Å². The maximum atomic E-state index is 8.08. The summed E-state index contributed by atoms with van der Waals surface area (Å²) >= 11 is 15.9. The van der Waals surface area contributed by atoms with Gasteiger partial charge in [0, 0.05) is 29.2 Å². The van der Waals surface area contributed by atoms with Gasteiger partial charge in [0.1, 0.15) is 10.3 Å². The predicted octanol–water partition coefficient (Wildman–Crippen LogP) is 7.33. The van der Waals surface area contributed by atoms with E-state index in [1.807, 2.05) is 6.07 Å². The first-order valence-electron chi connectivity index (χ1n) is 11.4. The molecule has 0 bridgehead atoms. The number of aromatic nitrogens is 3. The minimum Gasteiger partial charge on any atom is -0.366 e. The Morgan fingerprint density at radius 3 is 2.62 bits per heavy atom. The van der Waals surface area contributed by atoms with E-state index in [-0.39, 0.29) is 0 Å². The van der Waals surface area contributed by atoms with E-state index in [0.717, 1.165) is 33.1 Å². The Labute approximate surface area is 217 Å². The fraction of sp³-hybridized carbons (Fsp3) is 0.385. The molecule has 1 aromatic carbocycles. The lowest BCUT2D eigenvalue weighted by Crippen LogP contribution is -2.15. The molecule has 5 nitrogen and oxygen atoms in total. The van der Waals surface area contributed by atoms with E-state index >= 15 is 0 Å². The van der Waals surface area contributed by atoms with Gasteiger partial charge in [0.2, 0.25) is 0 Å². The average Bonchev–Trinajstić information content (AvgIpc) is 3.39. The predicted molar refractivity (Wildman–Crippen MR) is 142 cm³/mol.